The number of nitrogens with zero attached hydrogens (tertiary/aromatic N) is 2. The van der Waals surface area contributed by atoms with Gasteiger partial charge in [-0.15, -0.1) is 5.10 Å². The average Bonchev–Trinajstić information content (AvgIpc) is 2.97. The lowest BCUT2D eigenvalue weighted by Gasteiger charge is -2.29. The zero-order valence-corrected chi connectivity index (χ0v) is 16.1. The van der Waals surface area contributed by atoms with Crippen LogP contribution < -0.4 is 5.32 Å². The van der Waals surface area contributed by atoms with Crippen LogP contribution in [0.25, 0.3) is 5.69 Å². The maximum atomic E-state index is 12.2. The number of hydrogen-bond donors (Lipinski definition) is 1. The number of benzene rings is 1. The quantitative estimate of drug-likeness (QED) is 0.616. The summed E-state index contributed by atoms with van der Waals surface area (Å²) in [4.78, 5) is 12.2. The van der Waals surface area contributed by atoms with Gasteiger partial charge in [-0.1, -0.05) is 61.1 Å². The molecule has 0 spiro atoms. The molecule has 2 atom stereocenters. The van der Waals surface area contributed by atoms with Crippen LogP contribution in [0, 0.1) is 9.87 Å². The van der Waals surface area contributed by atoms with Crippen molar-refractivity contribution in [3.8, 4) is 5.69 Å². The van der Waals surface area contributed by atoms with E-state index in [9.17, 15) is 4.79 Å². The summed E-state index contributed by atoms with van der Waals surface area (Å²) < 4.78 is 3.28. The average molecular weight is 380 g/mol. The second-order valence-corrected chi connectivity index (χ2v) is 8.95. The highest BCUT2D eigenvalue weighted by molar-refractivity contribution is 8.01. The normalized spacial score (nSPS) is 20.7. The molecule has 0 radical (unpaired) electrons. The first-order valence-electron chi connectivity index (χ1n) is 8.21. The van der Waals surface area contributed by atoms with Gasteiger partial charge < -0.3 is 5.32 Å². The largest absolute Gasteiger partial charge is 0.352 e. The summed E-state index contributed by atoms with van der Waals surface area (Å²) in [5, 5.41) is 7.70. The minimum Gasteiger partial charge on any atom is -0.352 e. The van der Waals surface area contributed by atoms with Crippen molar-refractivity contribution >= 4 is 41.2 Å². The van der Waals surface area contributed by atoms with Gasteiger partial charge in [0, 0.05) is 6.04 Å². The van der Waals surface area contributed by atoms with E-state index in [0.29, 0.717) is 21.7 Å². The molecule has 24 heavy (non-hydrogen) atoms. The van der Waals surface area contributed by atoms with Gasteiger partial charge in [0.05, 0.1) is 11.4 Å². The van der Waals surface area contributed by atoms with E-state index in [4.69, 9.17) is 12.2 Å². The van der Waals surface area contributed by atoms with Crippen molar-refractivity contribution in [3.63, 3.8) is 0 Å². The van der Waals surface area contributed by atoms with Crippen LogP contribution in [0.5, 0.6) is 0 Å². The molecular weight excluding hydrogens is 358 g/mol. The third-order valence-corrected chi connectivity index (χ3v) is 6.68. The molecule has 7 heteroatoms. The fourth-order valence-corrected chi connectivity index (χ4v) is 5.13. The number of rotatable bonds is 5. The molecule has 1 aliphatic carbocycles. The molecule has 2 aromatic rings. The Morgan fingerprint density at radius 1 is 1.38 bits per heavy atom. The van der Waals surface area contributed by atoms with Crippen LogP contribution in [0.1, 0.15) is 32.6 Å². The number of amides is 1. The molecule has 0 bridgehead atoms. The van der Waals surface area contributed by atoms with E-state index in [0.717, 1.165) is 16.4 Å². The van der Waals surface area contributed by atoms with Crippen LogP contribution in [0.4, 0.5) is 0 Å². The van der Waals surface area contributed by atoms with Crippen LogP contribution in [0.2, 0.25) is 0 Å². The molecule has 1 aromatic carbocycles. The second-order valence-electron chi connectivity index (χ2n) is 6.11. The number of carbonyl (C=O) groups is 1. The first-order chi connectivity index (χ1) is 11.6. The summed E-state index contributed by atoms with van der Waals surface area (Å²) in [5.74, 6) is 1.05. The minimum absolute atomic E-state index is 0.0890. The Kier molecular flexibility index (Phi) is 6.08. The van der Waals surface area contributed by atoms with E-state index in [1.54, 1.807) is 4.68 Å². The third kappa shape index (κ3) is 4.46. The highest BCUT2D eigenvalue weighted by atomic mass is 32.2. The van der Waals surface area contributed by atoms with Gasteiger partial charge in [0.15, 0.2) is 8.29 Å². The van der Waals surface area contributed by atoms with Gasteiger partial charge in [0.2, 0.25) is 5.91 Å². The van der Waals surface area contributed by atoms with Gasteiger partial charge >= 0.3 is 0 Å². The lowest BCUT2D eigenvalue weighted by atomic mass is 9.86. The molecule has 0 saturated heterocycles. The minimum atomic E-state index is 0.0890. The number of carbonyl (C=O) groups excluding carboxylic acids is 1. The molecule has 3 rings (SSSR count). The topological polar surface area (TPSA) is 46.9 Å². The summed E-state index contributed by atoms with van der Waals surface area (Å²) >= 11 is 8.29. The Morgan fingerprint density at radius 2 is 2.12 bits per heavy atom. The predicted octanol–water partition coefficient (Wildman–Crippen LogP) is 4.45. The lowest BCUT2D eigenvalue weighted by molar-refractivity contribution is -0.119. The molecule has 128 valence electrons. The van der Waals surface area contributed by atoms with E-state index in [2.05, 4.69) is 17.3 Å². The summed E-state index contributed by atoms with van der Waals surface area (Å²) in [5.41, 5.74) is 0.950. The van der Waals surface area contributed by atoms with Crippen molar-refractivity contribution in [2.24, 2.45) is 5.92 Å². The number of hydrogen-bond acceptors (Lipinski definition) is 5. The van der Waals surface area contributed by atoms with Gasteiger partial charge in [-0.2, -0.15) is 0 Å². The van der Waals surface area contributed by atoms with Crippen LogP contribution in [-0.4, -0.2) is 27.5 Å². The van der Waals surface area contributed by atoms with Crippen LogP contribution in [-0.2, 0) is 4.79 Å². The fraction of sp³-hybridized carbons (Fsp3) is 0.471. The molecular formula is C17H21N3OS3. The number of nitrogens with one attached hydrogen (secondary N) is 1. The lowest BCUT2D eigenvalue weighted by Crippen LogP contribution is -2.41. The van der Waals surface area contributed by atoms with Gasteiger partial charge in [-0.3, -0.25) is 4.79 Å². The van der Waals surface area contributed by atoms with Crippen molar-refractivity contribution in [2.45, 2.75) is 43.0 Å². The summed E-state index contributed by atoms with van der Waals surface area (Å²) in [6.45, 7) is 2.23. The number of thioether (sulfide) groups is 1. The Balaban J connectivity index is 1.57. The van der Waals surface area contributed by atoms with Gasteiger partial charge in [0.25, 0.3) is 0 Å². The number of para-hydroxylation sites is 1. The molecule has 1 saturated carbocycles. The molecule has 1 fully saturated rings. The summed E-state index contributed by atoms with van der Waals surface area (Å²) in [7, 11) is 0. The Hall–Kier alpha value is -1.18. The van der Waals surface area contributed by atoms with Crippen LogP contribution >= 0.6 is 35.3 Å². The zero-order valence-electron chi connectivity index (χ0n) is 13.6. The van der Waals surface area contributed by atoms with Gasteiger partial charge in [-0.25, -0.2) is 4.68 Å². The number of aromatic nitrogens is 2. The van der Waals surface area contributed by atoms with Crippen molar-refractivity contribution in [1.82, 2.24) is 15.1 Å². The molecule has 4 nitrogen and oxygen atoms in total. The van der Waals surface area contributed by atoms with Crippen molar-refractivity contribution in [1.29, 1.82) is 0 Å². The van der Waals surface area contributed by atoms with E-state index >= 15 is 0 Å². The maximum absolute atomic E-state index is 12.2. The Morgan fingerprint density at radius 3 is 2.88 bits per heavy atom. The van der Waals surface area contributed by atoms with E-state index in [1.807, 2.05) is 30.3 Å². The first kappa shape index (κ1) is 17.6. The molecule has 0 unspecified atom stereocenters. The van der Waals surface area contributed by atoms with Crippen molar-refractivity contribution < 1.29 is 4.79 Å². The molecule has 1 N–H and O–H groups in total. The van der Waals surface area contributed by atoms with E-state index in [-0.39, 0.29) is 5.91 Å². The molecule has 1 heterocycles. The molecule has 1 aromatic heterocycles. The SMILES string of the molecule is C[C@H]1CCCC[C@@H]1NC(=O)CSc1nn(-c2ccccc2)c(=S)s1. The Labute approximate surface area is 155 Å². The Bertz CT molecular complexity index is 741. The highest BCUT2D eigenvalue weighted by Crippen LogP contribution is 2.26. The molecule has 0 aliphatic heterocycles. The fourth-order valence-electron chi connectivity index (χ4n) is 2.96. The standard InChI is InChI=1S/C17H21N3OS3/c1-12-7-5-6-10-14(12)18-15(21)11-23-16-19-20(17(22)24-16)13-8-3-2-4-9-13/h2-4,8-9,12,14H,5-7,10-11H2,1H3,(H,18,21)/t12-,14-/m0/s1. The van der Waals surface area contributed by atoms with E-state index in [1.165, 1.54) is 42.4 Å². The zero-order chi connectivity index (χ0) is 16.9. The monoisotopic (exact) mass is 379 g/mol. The van der Waals surface area contributed by atoms with Gasteiger partial charge in [0.1, 0.15) is 0 Å². The maximum Gasteiger partial charge on any atom is 0.230 e. The van der Waals surface area contributed by atoms with E-state index < -0.39 is 0 Å². The highest BCUT2D eigenvalue weighted by Gasteiger charge is 2.22. The molecule has 1 amide bonds. The third-order valence-electron chi connectivity index (χ3n) is 4.31. The van der Waals surface area contributed by atoms with Crippen LogP contribution in [0.15, 0.2) is 34.7 Å². The van der Waals surface area contributed by atoms with Crippen LogP contribution in [0.3, 0.4) is 0 Å². The summed E-state index contributed by atoms with van der Waals surface area (Å²) in [6.07, 6.45) is 4.80. The van der Waals surface area contributed by atoms with Gasteiger partial charge in [-0.05, 0) is 43.1 Å². The summed E-state index contributed by atoms with van der Waals surface area (Å²) in [6, 6.07) is 10.2. The molecule has 1 aliphatic rings. The predicted molar refractivity (Wildman–Crippen MR) is 103 cm³/mol. The second kappa shape index (κ2) is 8.27. The van der Waals surface area contributed by atoms with Crippen molar-refractivity contribution in [3.05, 3.63) is 34.3 Å². The smallest absolute Gasteiger partial charge is 0.230 e. The first-order valence-corrected chi connectivity index (χ1v) is 10.4. The van der Waals surface area contributed by atoms with Crippen molar-refractivity contribution in [2.75, 3.05) is 5.75 Å².